The second-order valence-electron chi connectivity index (χ2n) is 2.91. The van der Waals surface area contributed by atoms with Gasteiger partial charge in [0.25, 0.3) is 0 Å². The van der Waals surface area contributed by atoms with Crippen molar-refractivity contribution in [3.8, 4) is 0 Å². The molecule has 1 atom stereocenters. The highest BCUT2D eigenvalue weighted by Gasteiger charge is 2.31. The van der Waals surface area contributed by atoms with Crippen molar-refractivity contribution in [2.24, 2.45) is 0 Å². The highest BCUT2D eigenvalue weighted by molar-refractivity contribution is 9.10. The zero-order valence-electron chi connectivity index (χ0n) is 6.88. The molecule has 0 aromatic heterocycles. The highest BCUT2D eigenvalue weighted by atomic mass is 79.9. The quantitative estimate of drug-likeness (QED) is 0.670. The fourth-order valence-corrected chi connectivity index (χ4v) is 2.98. The van der Waals surface area contributed by atoms with Gasteiger partial charge in [0.15, 0.2) is 4.90 Å². The number of fused-ring (bicyclic) bond motifs is 1. The molecule has 2 nitrogen and oxygen atoms in total. The molecular weight excluding hydrogens is 257 g/mol. The number of hydrogen-bond donors (Lipinski definition) is 0. The zero-order valence-corrected chi connectivity index (χ0v) is 9.28. The van der Waals surface area contributed by atoms with Crippen LogP contribution in [0.2, 0.25) is 0 Å². The lowest BCUT2D eigenvalue weighted by atomic mass is 10.2. The molecule has 0 spiro atoms. The Morgan fingerprint density at radius 3 is 3.00 bits per heavy atom. The van der Waals surface area contributed by atoms with Crippen LogP contribution < -0.4 is 0 Å². The van der Waals surface area contributed by atoms with Gasteiger partial charge in [-0.1, -0.05) is 0 Å². The van der Waals surface area contributed by atoms with Crippen LogP contribution in [0.25, 0.3) is 0 Å². The summed E-state index contributed by atoms with van der Waals surface area (Å²) in [4.78, 5) is 0.704. The molecule has 0 bridgehead atoms. The molecule has 1 aromatic rings. The van der Waals surface area contributed by atoms with Crippen molar-refractivity contribution in [2.75, 3.05) is 7.05 Å². The van der Waals surface area contributed by atoms with Gasteiger partial charge >= 0.3 is 0 Å². The maximum atomic E-state index is 13.1. The molecule has 0 N–H and O–H groups in total. The largest absolute Gasteiger partial charge is 0.593 e. The van der Waals surface area contributed by atoms with E-state index in [4.69, 9.17) is 0 Å². The van der Waals surface area contributed by atoms with Crippen molar-refractivity contribution in [1.29, 1.82) is 0 Å². The van der Waals surface area contributed by atoms with Gasteiger partial charge in [0.05, 0.1) is 22.4 Å². The highest BCUT2D eigenvalue weighted by Crippen LogP contribution is 2.32. The Labute approximate surface area is 87.2 Å². The first kappa shape index (κ1) is 9.45. The molecule has 1 aliphatic heterocycles. The van der Waals surface area contributed by atoms with E-state index in [-0.39, 0.29) is 5.82 Å². The Morgan fingerprint density at radius 2 is 2.31 bits per heavy atom. The molecule has 0 fully saturated rings. The molecule has 0 aliphatic carbocycles. The normalized spacial score (nSPS) is 22.0. The number of hydrogen-bond acceptors (Lipinski definition) is 2. The van der Waals surface area contributed by atoms with E-state index in [1.54, 1.807) is 17.4 Å². The van der Waals surface area contributed by atoms with Crippen molar-refractivity contribution in [3.05, 3.63) is 28.0 Å². The Morgan fingerprint density at radius 1 is 1.62 bits per heavy atom. The van der Waals surface area contributed by atoms with Crippen LogP contribution >= 0.6 is 15.9 Å². The maximum Gasteiger partial charge on any atom is 0.180 e. The molecule has 1 unspecified atom stereocenters. The van der Waals surface area contributed by atoms with Crippen LogP contribution in [0.5, 0.6) is 0 Å². The predicted molar refractivity (Wildman–Crippen MR) is 52.0 cm³/mol. The maximum absolute atomic E-state index is 13.1. The summed E-state index contributed by atoms with van der Waals surface area (Å²) in [5, 5.41) is 0. The minimum absolute atomic E-state index is 0.300. The lowest BCUT2D eigenvalue weighted by molar-refractivity contribution is 0.487. The SMILES string of the molecule is CN1Cc2cc(F)c(Br)cc2[S+]1[O-]. The Bertz CT molecular complexity index is 360. The van der Waals surface area contributed by atoms with Crippen molar-refractivity contribution < 1.29 is 8.94 Å². The number of halogens is 2. The molecule has 13 heavy (non-hydrogen) atoms. The zero-order chi connectivity index (χ0) is 9.59. The van der Waals surface area contributed by atoms with Crippen molar-refractivity contribution in [3.63, 3.8) is 0 Å². The van der Waals surface area contributed by atoms with Crippen molar-refractivity contribution in [2.45, 2.75) is 11.4 Å². The monoisotopic (exact) mass is 263 g/mol. The van der Waals surface area contributed by atoms with E-state index in [0.717, 1.165) is 5.56 Å². The van der Waals surface area contributed by atoms with E-state index in [1.165, 1.54) is 6.07 Å². The summed E-state index contributed by atoms with van der Waals surface area (Å²) >= 11 is 1.94. The molecular formula is C8H7BrFNOS. The Kier molecular flexibility index (Phi) is 2.35. The molecule has 1 aliphatic rings. The molecule has 0 saturated carbocycles. The van der Waals surface area contributed by atoms with Gasteiger partial charge in [-0.15, -0.1) is 4.31 Å². The second kappa shape index (κ2) is 3.24. The van der Waals surface area contributed by atoms with Gasteiger partial charge in [-0.3, -0.25) is 0 Å². The Hall–Kier alpha value is -0.100. The van der Waals surface area contributed by atoms with Gasteiger partial charge in [-0.05, 0) is 22.0 Å². The summed E-state index contributed by atoms with van der Waals surface area (Å²) < 4.78 is 26.7. The summed E-state index contributed by atoms with van der Waals surface area (Å²) in [6, 6.07) is 3.02. The third kappa shape index (κ3) is 1.50. The van der Waals surface area contributed by atoms with Crippen molar-refractivity contribution >= 4 is 27.3 Å². The minimum atomic E-state index is -1.12. The summed E-state index contributed by atoms with van der Waals surface area (Å²) in [6.07, 6.45) is 0. The summed E-state index contributed by atoms with van der Waals surface area (Å²) in [5.41, 5.74) is 0.807. The van der Waals surface area contributed by atoms with Gasteiger partial charge < -0.3 is 4.55 Å². The van der Waals surface area contributed by atoms with Gasteiger partial charge in [0.1, 0.15) is 5.82 Å². The van der Waals surface area contributed by atoms with Gasteiger partial charge in [0.2, 0.25) is 0 Å². The second-order valence-corrected chi connectivity index (χ2v) is 5.33. The standard InChI is InChI=1S/C8H7BrFNOS/c1-11-4-5-2-7(10)6(9)3-8(5)13(11)12/h2-3H,4H2,1H3. The van der Waals surface area contributed by atoms with Gasteiger partial charge in [-0.2, -0.15) is 0 Å². The van der Waals surface area contributed by atoms with Crippen LogP contribution in [0, 0.1) is 5.82 Å². The first-order valence-corrected chi connectivity index (χ1v) is 5.60. The number of nitrogens with zero attached hydrogens (tertiary/aromatic N) is 1. The molecule has 0 saturated heterocycles. The van der Waals surface area contributed by atoms with E-state index < -0.39 is 11.4 Å². The van der Waals surface area contributed by atoms with E-state index >= 15 is 0 Å². The third-order valence-corrected chi connectivity index (χ3v) is 4.03. The number of rotatable bonds is 0. The van der Waals surface area contributed by atoms with Gasteiger partial charge in [0, 0.05) is 18.7 Å². The molecule has 2 rings (SSSR count). The van der Waals surface area contributed by atoms with Crippen LogP contribution in [-0.4, -0.2) is 15.9 Å². The van der Waals surface area contributed by atoms with Crippen molar-refractivity contribution in [1.82, 2.24) is 4.31 Å². The summed E-state index contributed by atoms with van der Waals surface area (Å²) in [7, 11) is 1.75. The van der Waals surface area contributed by atoms with Crippen LogP contribution in [-0.2, 0) is 17.9 Å². The summed E-state index contributed by atoms with van der Waals surface area (Å²) in [5.74, 6) is -0.300. The van der Waals surface area contributed by atoms with Gasteiger partial charge in [-0.25, -0.2) is 4.39 Å². The van der Waals surface area contributed by atoms with Crippen LogP contribution in [0.3, 0.4) is 0 Å². The fraction of sp³-hybridized carbons (Fsp3) is 0.250. The van der Waals surface area contributed by atoms with E-state index in [9.17, 15) is 8.94 Å². The average molecular weight is 264 g/mol. The molecule has 0 amide bonds. The lowest BCUT2D eigenvalue weighted by Crippen LogP contribution is -2.18. The lowest BCUT2D eigenvalue weighted by Gasteiger charge is -2.09. The number of benzene rings is 1. The van der Waals surface area contributed by atoms with Crippen LogP contribution in [0.4, 0.5) is 4.39 Å². The van der Waals surface area contributed by atoms with Crippen LogP contribution in [0.15, 0.2) is 21.5 Å². The first-order valence-electron chi connectivity index (χ1n) is 3.70. The summed E-state index contributed by atoms with van der Waals surface area (Å²) in [6.45, 7) is 0.548. The van der Waals surface area contributed by atoms with E-state index in [0.29, 0.717) is 15.9 Å². The minimum Gasteiger partial charge on any atom is -0.593 e. The Balaban J connectivity index is 2.53. The molecule has 5 heteroatoms. The molecule has 0 radical (unpaired) electrons. The molecule has 1 heterocycles. The average Bonchev–Trinajstić information content (AvgIpc) is 2.32. The smallest absolute Gasteiger partial charge is 0.180 e. The third-order valence-electron chi connectivity index (χ3n) is 1.97. The first-order chi connectivity index (χ1) is 6.09. The topological polar surface area (TPSA) is 26.3 Å². The molecule has 70 valence electrons. The van der Waals surface area contributed by atoms with E-state index in [2.05, 4.69) is 15.9 Å². The fourth-order valence-electron chi connectivity index (χ4n) is 1.32. The molecule has 1 aromatic carbocycles. The van der Waals surface area contributed by atoms with E-state index in [1.807, 2.05) is 0 Å². The van der Waals surface area contributed by atoms with Crippen LogP contribution in [0.1, 0.15) is 5.56 Å². The predicted octanol–water partition coefficient (Wildman–Crippen LogP) is 2.06.